The van der Waals surface area contributed by atoms with E-state index < -0.39 is 0 Å². The van der Waals surface area contributed by atoms with Gasteiger partial charge in [-0.15, -0.1) is 0 Å². The van der Waals surface area contributed by atoms with Crippen molar-refractivity contribution in [1.29, 1.82) is 0 Å². The molecule has 1 unspecified atom stereocenters. The fourth-order valence-corrected chi connectivity index (χ4v) is 3.62. The molecular formula is C20H27N3O. The first-order valence-electron chi connectivity index (χ1n) is 8.98. The zero-order valence-electron chi connectivity index (χ0n) is 14.9. The third-order valence-corrected chi connectivity index (χ3v) is 5.00. The smallest absolute Gasteiger partial charge is 0.253 e. The Kier molecular flexibility index (Phi) is 5.14. The van der Waals surface area contributed by atoms with Crippen molar-refractivity contribution in [3.05, 3.63) is 51.7 Å². The Bertz CT molecular complexity index is 745. The molecule has 2 aromatic rings. The molecule has 0 saturated carbocycles. The number of nitrogens with one attached hydrogen (secondary N) is 1. The second-order valence-corrected chi connectivity index (χ2v) is 6.79. The van der Waals surface area contributed by atoms with E-state index in [0.29, 0.717) is 5.92 Å². The van der Waals surface area contributed by atoms with E-state index in [0.717, 1.165) is 48.3 Å². The SMILES string of the molecule is CCc1nc(C2CCCNCC2)ccc1-c1cc(C)c(=O)n(C)c1. The van der Waals surface area contributed by atoms with Crippen LogP contribution in [0, 0.1) is 6.92 Å². The molecule has 0 spiro atoms. The lowest BCUT2D eigenvalue weighted by molar-refractivity contribution is 0.591. The molecule has 24 heavy (non-hydrogen) atoms. The van der Waals surface area contributed by atoms with Crippen LogP contribution in [0.2, 0.25) is 0 Å². The lowest BCUT2D eigenvalue weighted by Gasteiger charge is -2.17. The summed E-state index contributed by atoms with van der Waals surface area (Å²) in [5.41, 5.74) is 5.41. The van der Waals surface area contributed by atoms with E-state index in [2.05, 4.69) is 24.4 Å². The van der Waals surface area contributed by atoms with E-state index in [1.54, 1.807) is 4.57 Å². The first-order chi connectivity index (χ1) is 11.6. The lowest BCUT2D eigenvalue weighted by atomic mass is 9.94. The summed E-state index contributed by atoms with van der Waals surface area (Å²) in [7, 11) is 1.81. The van der Waals surface area contributed by atoms with Gasteiger partial charge in [-0.05, 0) is 57.8 Å². The van der Waals surface area contributed by atoms with Gasteiger partial charge in [0.25, 0.3) is 5.56 Å². The van der Waals surface area contributed by atoms with Crippen LogP contribution in [0.1, 0.15) is 49.1 Å². The van der Waals surface area contributed by atoms with Gasteiger partial charge in [-0.1, -0.05) is 13.0 Å². The first-order valence-corrected chi connectivity index (χ1v) is 8.98. The number of hydrogen-bond acceptors (Lipinski definition) is 3. The maximum absolute atomic E-state index is 11.9. The van der Waals surface area contributed by atoms with Crippen molar-refractivity contribution >= 4 is 0 Å². The summed E-state index contributed by atoms with van der Waals surface area (Å²) in [6.45, 7) is 6.22. The van der Waals surface area contributed by atoms with Crippen molar-refractivity contribution in [2.75, 3.05) is 13.1 Å². The predicted molar refractivity (Wildman–Crippen MR) is 98.5 cm³/mol. The fourth-order valence-electron chi connectivity index (χ4n) is 3.62. The summed E-state index contributed by atoms with van der Waals surface area (Å²) in [5, 5.41) is 3.47. The Morgan fingerprint density at radius 3 is 2.88 bits per heavy atom. The highest BCUT2D eigenvalue weighted by molar-refractivity contribution is 5.66. The molecule has 3 heterocycles. The highest BCUT2D eigenvalue weighted by Gasteiger charge is 2.17. The quantitative estimate of drug-likeness (QED) is 0.943. The van der Waals surface area contributed by atoms with Crippen LogP contribution in [0.5, 0.6) is 0 Å². The summed E-state index contributed by atoms with van der Waals surface area (Å²) in [4.78, 5) is 16.9. The van der Waals surface area contributed by atoms with Crippen LogP contribution in [0.4, 0.5) is 0 Å². The Morgan fingerprint density at radius 2 is 2.12 bits per heavy atom. The minimum atomic E-state index is 0.0623. The summed E-state index contributed by atoms with van der Waals surface area (Å²) in [5.74, 6) is 0.557. The molecule has 4 heteroatoms. The van der Waals surface area contributed by atoms with Gasteiger partial charge >= 0.3 is 0 Å². The largest absolute Gasteiger partial charge is 0.318 e. The Hall–Kier alpha value is -1.94. The lowest BCUT2D eigenvalue weighted by Crippen LogP contribution is -2.18. The Labute approximate surface area is 143 Å². The Balaban J connectivity index is 1.99. The van der Waals surface area contributed by atoms with Crippen LogP contribution in [0.15, 0.2) is 29.2 Å². The van der Waals surface area contributed by atoms with Crippen molar-refractivity contribution in [1.82, 2.24) is 14.9 Å². The van der Waals surface area contributed by atoms with E-state index in [1.165, 1.54) is 18.5 Å². The maximum Gasteiger partial charge on any atom is 0.253 e. The number of nitrogens with zero attached hydrogens (tertiary/aromatic N) is 2. The van der Waals surface area contributed by atoms with E-state index in [4.69, 9.17) is 4.98 Å². The van der Waals surface area contributed by atoms with Gasteiger partial charge < -0.3 is 9.88 Å². The molecule has 0 aromatic carbocycles. The van der Waals surface area contributed by atoms with Gasteiger partial charge in [-0.3, -0.25) is 9.78 Å². The summed E-state index contributed by atoms with van der Waals surface area (Å²) < 4.78 is 1.66. The number of aryl methyl sites for hydroxylation is 3. The number of hydrogen-bond donors (Lipinski definition) is 1. The van der Waals surface area contributed by atoms with Gasteiger partial charge in [-0.25, -0.2) is 0 Å². The van der Waals surface area contributed by atoms with Gasteiger partial charge in [-0.2, -0.15) is 0 Å². The molecular weight excluding hydrogens is 298 g/mol. The number of pyridine rings is 2. The van der Waals surface area contributed by atoms with E-state index in [9.17, 15) is 4.79 Å². The average Bonchev–Trinajstić information content (AvgIpc) is 2.88. The Morgan fingerprint density at radius 1 is 1.29 bits per heavy atom. The van der Waals surface area contributed by atoms with E-state index in [1.807, 2.05) is 26.2 Å². The van der Waals surface area contributed by atoms with Gasteiger partial charge in [0.1, 0.15) is 0 Å². The van der Waals surface area contributed by atoms with Crippen molar-refractivity contribution in [2.24, 2.45) is 7.05 Å². The summed E-state index contributed by atoms with van der Waals surface area (Å²) in [6, 6.07) is 6.36. The molecule has 0 radical (unpaired) electrons. The monoisotopic (exact) mass is 325 g/mol. The zero-order chi connectivity index (χ0) is 17.1. The van der Waals surface area contributed by atoms with Gasteiger partial charge in [0.2, 0.25) is 0 Å². The molecule has 0 bridgehead atoms. The molecule has 1 saturated heterocycles. The van der Waals surface area contributed by atoms with Crippen molar-refractivity contribution < 1.29 is 0 Å². The van der Waals surface area contributed by atoms with Crippen LogP contribution in [0.3, 0.4) is 0 Å². The number of rotatable bonds is 3. The molecule has 0 amide bonds. The molecule has 1 aliphatic rings. The van der Waals surface area contributed by atoms with E-state index in [-0.39, 0.29) is 5.56 Å². The fraction of sp³-hybridized carbons (Fsp3) is 0.500. The third-order valence-electron chi connectivity index (χ3n) is 5.00. The van der Waals surface area contributed by atoms with Gasteiger partial charge in [0, 0.05) is 47.2 Å². The van der Waals surface area contributed by atoms with Crippen LogP contribution in [0.25, 0.3) is 11.1 Å². The van der Waals surface area contributed by atoms with Crippen LogP contribution < -0.4 is 10.9 Å². The topological polar surface area (TPSA) is 46.9 Å². The first kappa shape index (κ1) is 16.9. The average molecular weight is 325 g/mol. The highest BCUT2D eigenvalue weighted by Crippen LogP contribution is 2.29. The van der Waals surface area contributed by atoms with E-state index >= 15 is 0 Å². The van der Waals surface area contributed by atoms with Crippen LogP contribution in [-0.2, 0) is 13.5 Å². The molecule has 1 N–H and O–H groups in total. The zero-order valence-corrected chi connectivity index (χ0v) is 14.9. The molecule has 1 fully saturated rings. The molecule has 1 atom stereocenters. The number of aromatic nitrogens is 2. The second-order valence-electron chi connectivity index (χ2n) is 6.79. The molecule has 1 aliphatic heterocycles. The predicted octanol–water partition coefficient (Wildman–Crippen LogP) is 3.18. The van der Waals surface area contributed by atoms with Gasteiger partial charge in [0.05, 0.1) is 0 Å². The minimum absolute atomic E-state index is 0.0623. The summed E-state index contributed by atoms with van der Waals surface area (Å²) >= 11 is 0. The van der Waals surface area contributed by atoms with Crippen LogP contribution >= 0.6 is 0 Å². The van der Waals surface area contributed by atoms with Crippen molar-refractivity contribution in [2.45, 2.75) is 45.4 Å². The van der Waals surface area contributed by atoms with Crippen molar-refractivity contribution in [3.8, 4) is 11.1 Å². The third kappa shape index (κ3) is 3.44. The molecule has 2 aromatic heterocycles. The minimum Gasteiger partial charge on any atom is -0.318 e. The van der Waals surface area contributed by atoms with Crippen LogP contribution in [-0.4, -0.2) is 22.6 Å². The molecule has 0 aliphatic carbocycles. The normalized spacial score (nSPS) is 18.4. The highest BCUT2D eigenvalue weighted by atomic mass is 16.1. The summed E-state index contributed by atoms with van der Waals surface area (Å²) in [6.07, 6.45) is 6.40. The molecule has 128 valence electrons. The molecule has 4 nitrogen and oxygen atoms in total. The van der Waals surface area contributed by atoms with Crippen molar-refractivity contribution in [3.63, 3.8) is 0 Å². The second kappa shape index (κ2) is 7.31. The van der Waals surface area contributed by atoms with Gasteiger partial charge in [0.15, 0.2) is 0 Å². The standard InChI is InChI=1S/C20H27N3O/c1-4-18-17(16-12-14(2)20(24)23(3)13-16)7-8-19(22-18)15-6-5-10-21-11-9-15/h7-8,12-13,15,21H,4-6,9-11H2,1-3H3. The maximum atomic E-state index is 11.9. The molecule has 3 rings (SSSR count).